The van der Waals surface area contributed by atoms with Crippen LogP contribution in [0.25, 0.3) is 0 Å². The van der Waals surface area contributed by atoms with Gasteiger partial charge in [-0.3, -0.25) is 4.79 Å². The van der Waals surface area contributed by atoms with Crippen molar-refractivity contribution in [2.75, 3.05) is 0 Å². The monoisotopic (exact) mass is 170 g/mol. The molecule has 2 saturated carbocycles. The summed E-state index contributed by atoms with van der Waals surface area (Å²) in [7, 11) is 0. The van der Waals surface area contributed by atoms with Gasteiger partial charge in [-0.15, -0.1) is 0 Å². The normalized spacial score (nSPS) is 51.3. The molecule has 2 aliphatic carbocycles. The molecular weight excluding hydrogens is 156 g/mol. The van der Waals surface area contributed by atoms with Crippen LogP contribution in [-0.2, 0) is 4.79 Å². The number of hydrogen-bond donors (Lipinski definition) is 2. The van der Waals surface area contributed by atoms with Gasteiger partial charge in [-0.05, 0) is 25.2 Å². The van der Waals surface area contributed by atoms with Gasteiger partial charge in [-0.25, -0.2) is 0 Å². The van der Waals surface area contributed by atoms with Crippen LogP contribution >= 0.6 is 0 Å². The first-order chi connectivity index (χ1) is 5.55. The fraction of sp³-hybridized carbons (Fsp3) is 0.889. The molecule has 3 nitrogen and oxygen atoms in total. The second-order valence-corrected chi connectivity index (χ2v) is 4.37. The van der Waals surface area contributed by atoms with Crippen molar-refractivity contribution in [1.29, 1.82) is 0 Å². The Kier molecular flexibility index (Phi) is 1.49. The van der Waals surface area contributed by atoms with Gasteiger partial charge in [0.1, 0.15) is 0 Å². The molecule has 0 aromatic heterocycles. The molecule has 68 valence electrons. The lowest BCUT2D eigenvalue weighted by molar-refractivity contribution is -0.146. The van der Waals surface area contributed by atoms with Crippen LogP contribution in [-0.4, -0.2) is 22.3 Å². The molecule has 0 aromatic carbocycles. The van der Waals surface area contributed by atoms with E-state index in [4.69, 9.17) is 5.11 Å². The van der Waals surface area contributed by atoms with Gasteiger partial charge >= 0.3 is 5.97 Å². The third kappa shape index (κ3) is 0.774. The minimum atomic E-state index is -0.725. The number of hydrogen-bond acceptors (Lipinski definition) is 2. The number of fused-ring (bicyclic) bond motifs is 2. The predicted molar refractivity (Wildman–Crippen MR) is 42.6 cm³/mol. The maximum absolute atomic E-state index is 10.9. The van der Waals surface area contributed by atoms with Crippen molar-refractivity contribution in [1.82, 2.24) is 0 Å². The molecule has 2 rings (SSSR count). The van der Waals surface area contributed by atoms with Crippen molar-refractivity contribution in [2.45, 2.75) is 32.3 Å². The first-order valence-electron chi connectivity index (χ1n) is 4.46. The Morgan fingerprint density at radius 1 is 1.58 bits per heavy atom. The van der Waals surface area contributed by atoms with Gasteiger partial charge < -0.3 is 10.2 Å². The van der Waals surface area contributed by atoms with Gasteiger partial charge in [-0.1, -0.05) is 6.92 Å². The Morgan fingerprint density at radius 3 is 2.50 bits per heavy atom. The minimum Gasteiger partial charge on any atom is -0.481 e. The summed E-state index contributed by atoms with van der Waals surface area (Å²) in [5.74, 6) is -0.799. The second kappa shape index (κ2) is 2.22. The van der Waals surface area contributed by atoms with E-state index in [1.807, 2.05) is 6.92 Å². The summed E-state index contributed by atoms with van der Waals surface area (Å²) in [6.45, 7) is 1.91. The van der Waals surface area contributed by atoms with Gasteiger partial charge in [0, 0.05) is 5.41 Å². The number of aliphatic carboxylic acids is 1. The van der Waals surface area contributed by atoms with Gasteiger partial charge in [0.25, 0.3) is 0 Å². The zero-order valence-corrected chi connectivity index (χ0v) is 7.16. The largest absolute Gasteiger partial charge is 0.481 e. The number of aliphatic hydroxyl groups is 1. The average molecular weight is 170 g/mol. The highest BCUT2D eigenvalue weighted by molar-refractivity contribution is 5.72. The summed E-state index contributed by atoms with van der Waals surface area (Å²) in [5, 5.41) is 18.6. The number of carbonyl (C=O) groups is 1. The van der Waals surface area contributed by atoms with E-state index >= 15 is 0 Å². The molecule has 0 saturated heterocycles. The molecular formula is C9H14O3. The Morgan fingerprint density at radius 2 is 2.25 bits per heavy atom. The number of rotatable bonds is 1. The van der Waals surface area contributed by atoms with Gasteiger partial charge in [0.2, 0.25) is 0 Å². The lowest BCUT2D eigenvalue weighted by Gasteiger charge is -2.28. The van der Waals surface area contributed by atoms with Crippen molar-refractivity contribution in [2.24, 2.45) is 17.3 Å². The van der Waals surface area contributed by atoms with Crippen molar-refractivity contribution < 1.29 is 15.0 Å². The Bertz CT molecular complexity index is 226. The molecule has 2 aliphatic rings. The molecule has 0 aliphatic heterocycles. The topological polar surface area (TPSA) is 57.5 Å². The minimum absolute atomic E-state index is 0.225. The molecule has 2 fully saturated rings. The van der Waals surface area contributed by atoms with E-state index in [1.54, 1.807) is 0 Å². The lowest BCUT2D eigenvalue weighted by atomic mass is 9.79. The van der Waals surface area contributed by atoms with Crippen LogP contribution in [0.3, 0.4) is 0 Å². The summed E-state index contributed by atoms with van der Waals surface area (Å²) in [5.41, 5.74) is -0.337. The number of carboxylic acid groups (broad SMARTS) is 1. The Balaban J connectivity index is 2.32. The molecule has 0 unspecified atom stereocenters. The highest BCUT2D eigenvalue weighted by Gasteiger charge is 2.59. The van der Waals surface area contributed by atoms with E-state index in [-0.39, 0.29) is 17.3 Å². The Labute approximate surface area is 71.4 Å². The van der Waals surface area contributed by atoms with Crippen molar-refractivity contribution in [3.8, 4) is 0 Å². The van der Waals surface area contributed by atoms with E-state index in [1.165, 1.54) is 0 Å². The zero-order valence-electron chi connectivity index (χ0n) is 7.16. The lowest BCUT2D eigenvalue weighted by Crippen LogP contribution is -2.34. The van der Waals surface area contributed by atoms with Gasteiger partial charge in [0.15, 0.2) is 0 Å². The molecule has 12 heavy (non-hydrogen) atoms. The van der Waals surface area contributed by atoms with Crippen molar-refractivity contribution in [3.63, 3.8) is 0 Å². The zero-order chi connectivity index (χ0) is 8.93. The maximum atomic E-state index is 10.9. The van der Waals surface area contributed by atoms with Gasteiger partial charge in [0.05, 0.1) is 12.0 Å². The number of carboxylic acids is 1. The highest BCUT2D eigenvalue weighted by Crippen LogP contribution is 2.58. The number of aliphatic hydroxyl groups excluding tert-OH is 1. The summed E-state index contributed by atoms with van der Waals surface area (Å²) < 4.78 is 0. The summed E-state index contributed by atoms with van der Waals surface area (Å²) in [6, 6.07) is 0. The summed E-state index contributed by atoms with van der Waals surface area (Å²) in [4.78, 5) is 10.9. The third-order valence-corrected chi connectivity index (χ3v) is 3.79. The molecule has 3 heteroatoms. The quantitative estimate of drug-likeness (QED) is 0.614. The third-order valence-electron chi connectivity index (χ3n) is 3.79. The SMILES string of the molecule is C[C@@]12CC[C@@H](C[C@@H]1O)[C@@H]2C(=O)O. The molecule has 0 amide bonds. The molecule has 0 heterocycles. The fourth-order valence-corrected chi connectivity index (χ4v) is 3.02. The van der Waals surface area contributed by atoms with E-state index in [9.17, 15) is 9.90 Å². The average Bonchev–Trinajstić information content (AvgIpc) is 2.38. The second-order valence-electron chi connectivity index (χ2n) is 4.37. The summed E-state index contributed by atoms with van der Waals surface area (Å²) >= 11 is 0. The van der Waals surface area contributed by atoms with E-state index in [0.29, 0.717) is 6.42 Å². The van der Waals surface area contributed by atoms with E-state index in [0.717, 1.165) is 12.8 Å². The van der Waals surface area contributed by atoms with Crippen LogP contribution in [0.15, 0.2) is 0 Å². The van der Waals surface area contributed by atoms with Crippen LogP contribution in [0.1, 0.15) is 26.2 Å². The van der Waals surface area contributed by atoms with Crippen molar-refractivity contribution >= 4 is 5.97 Å². The Hall–Kier alpha value is -0.570. The summed E-state index contributed by atoms with van der Waals surface area (Å²) in [6.07, 6.45) is 2.14. The van der Waals surface area contributed by atoms with Crippen molar-refractivity contribution in [3.05, 3.63) is 0 Å². The fourth-order valence-electron chi connectivity index (χ4n) is 3.02. The molecule has 0 aromatic rings. The molecule has 2 N–H and O–H groups in total. The molecule has 4 atom stereocenters. The van der Waals surface area contributed by atoms with Crippen LogP contribution in [0.5, 0.6) is 0 Å². The van der Waals surface area contributed by atoms with Crippen LogP contribution < -0.4 is 0 Å². The first-order valence-corrected chi connectivity index (χ1v) is 4.46. The van der Waals surface area contributed by atoms with Crippen LogP contribution in [0, 0.1) is 17.3 Å². The molecule has 0 spiro atoms. The first kappa shape index (κ1) is 8.05. The maximum Gasteiger partial charge on any atom is 0.307 e. The van der Waals surface area contributed by atoms with E-state index < -0.39 is 12.1 Å². The molecule has 0 radical (unpaired) electrons. The smallest absolute Gasteiger partial charge is 0.307 e. The standard InChI is InChI=1S/C9H14O3/c1-9-3-2-5(4-6(9)10)7(9)8(11)12/h5-7,10H,2-4H2,1H3,(H,11,12)/t5-,6-,7+,9+/m0/s1. The molecule has 2 bridgehead atoms. The highest BCUT2D eigenvalue weighted by atomic mass is 16.4. The van der Waals surface area contributed by atoms with Gasteiger partial charge in [-0.2, -0.15) is 0 Å². The van der Waals surface area contributed by atoms with E-state index in [2.05, 4.69) is 0 Å². The van der Waals surface area contributed by atoms with Crippen LogP contribution in [0.2, 0.25) is 0 Å². The predicted octanol–water partition coefficient (Wildman–Crippen LogP) is 0.868. The van der Waals surface area contributed by atoms with Crippen LogP contribution in [0.4, 0.5) is 0 Å².